The van der Waals surface area contributed by atoms with Gasteiger partial charge in [0.1, 0.15) is 11.5 Å². The van der Waals surface area contributed by atoms with E-state index in [9.17, 15) is 14.4 Å². The highest BCUT2D eigenvalue weighted by molar-refractivity contribution is 5.22. The van der Waals surface area contributed by atoms with Crippen molar-refractivity contribution in [2.24, 2.45) is 0 Å². The van der Waals surface area contributed by atoms with Crippen LogP contribution in [0.2, 0.25) is 0 Å². The second kappa shape index (κ2) is 5.39. The quantitative estimate of drug-likeness (QED) is 0.421. The molecule has 2 rings (SSSR count). The average molecular weight is 238 g/mol. The van der Waals surface area contributed by atoms with E-state index in [1.165, 1.54) is 19.2 Å². The van der Waals surface area contributed by atoms with E-state index >= 15 is 0 Å². The van der Waals surface area contributed by atoms with Gasteiger partial charge in [0.05, 0.1) is 0 Å². The lowest BCUT2D eigenvalue weighted by atomic mass is 10.5. The van der Waals surface area contributed by atoms with Crippen molar-refractivity contribution < 1.29 is 0 Å². The summed E-state index contributed by atoms with van der Waals surface area (Å²) in [6, 6.07) is 1.52. The number of anilines is 1. The molecule has 9 nitrogen and oxygen atoms in total. The van der Waals surface area contributed by atoms with Crippen LogP contribution in [0, 0.1) is 6.92 Å². The minimum Gasteiger partial charge on any atom is -0.385 e. The fourth-order valence-corrected chi connectivity index (χ4v) is 0.790. The lowest BCUT2D eigenvalue weighted by Crippen LogP contribution is -2.25. The first-order chi connectivity index (χ1) is 7.99. The second-order valence-corrected chi connectivity index (χ2v) is 2.92. The summed E-state index contributed by atoms with van der Waals surface area (Å²) in [4.78, 5) is 38.7. The molecule has 0 unspecified atom stereocenters. The number of aromatic nitrogens is 5. The van der Waals surface area contributed by atoms with Crippen LogP contribution in [0.1, 0.15) is 5.69 Å². The number of nitrogens with one attached hydrogen (secondary N) is 3. The van der Waals surface area contributed by atoms with Gasteiger partial charge in [-0.2, -0.15) is 5.10 Å². The van der Waals surface area contributed by atoms with Crippen molar-refractivity contribution in [1.82, 2.24) is 25.1 Å². The molecule has 0 saturated heterocycles. The predicted octanol–water partition coefficient (Wildman–Crippen LogP) is -1.88. The lowest BCUT2D eigenvalue weighted by Gasteiger charge is -1.84. The third-order valence-electron chi connectivity index (χ3n) is 1.58. The molecule has 2 aromatic heterocycles. The van der Waals surface area contributed by atoms with E-state index in [0.29, 0.717) is 5.82 Å². The lowest BCUT2D eigenvalue weighted by molar-refractivity contribution is 0.853. The number of hydrogen-bond donors (Lipinski definition) is 4. The van der Waals surface area contributed by atoms with Crippen molar-refractivity contribution >= 4 is 5.82 Å². The molecule has 2 aromatic rings. The van der Waals surface area contributed by atoms with Crippen LogP contribution in [0.5, 0.6) is 0 Å². The van der Waals surface area contributed by atoms with E-state index in [4.69, 9.17) is 5.73 Å². The molecule has 0 spiro atoms. The topological polar surface area (TPSA) is 150 Å². The number of aryl methyl sites for hydroxylation is 1. The first kappa shape index (κ1) is 12.4. The summed E-state index contributed by atoms with van der Waals surface area (Å²) in [7, 11) is 0. The number of rotatable bonds is 0. The molecule has 0 saturated carbocycles. The Balaban J connectivity index is 0.000000171. The van der Waals surface area contributed by atoms with Gasteiger partial charge in [-0.05, 0) is 13.0 Å². The molecule has 0 amide bonds. The first-order valence-electron chi connectivity index (χ1n) is 4.45. The van der Waals surface area contributed by atoms with Crippen LogP contribution in [-0.2, 0) is 0 Å². The van der Waals surface area contributed by atoms with E-state index in [-0.39, 0.29) is 5.69 Å². The predicted molar refractivity (Wildman–Crippen MR) is 59.5 cm³/mol. The average Bonchev–Trinajstić information content (AvgIpc) is 2.24. The van der Waals surface area contributed by atoms with Crippen LogP contribution in [0.4, 0.5) is 5.82 Å². The van der Waals surface area contributed by atoms with Crippen LogP contribution >= 0.6 is 0 Å². The molecule has 0 radical (unpaired) electrons. The first-order valence-corrected chi connectivity index (χ1v) is 4.45. The van der Waals surface area contributed by atoms with Crippen LogP contribution in [-0.4, -0.2) is 25.1 Å². The molecule has 0 aliphatic heterocycles. The smallest absolute Gasteiger partial charge is 0.346 e. The Morgan fingerprint density at radius 3 is 2.35 bits per heavy atom. The van der Waals surface area contributed by atoms with E-state index in [2.05, 4.69) is 20.2 Å². The molecule has 9 heteroatoms. The molecule has 0 bridgehead atoms. The fourth-order valence-electron chi connectivity index (χ4n) is 0.790. The van der Waals surface area contributed by atoms with Gasteiger partial charge >= 0.3 is 11.4 Å². The summed E-state index contributed by atoms with van der Waals surface area (Å²) >= 11 is 0. The zero-order valence-electron chi connectivity index (χ0n) is 8.85. The van der Waals surface area contributed by atoms with Gasteiger partial charge in [-0.15, -0.1) is 0 Å². The molecule has 0 aliphatic carbocycles. The van der Waals surface area contributed by atoms with Crippen molar-refractivity contribution in [1.29, 1.82) is 0 Å². The summed E-state index contributed by atoms with van der Waals surface area (Å²) in [5, 5.41) is 5.48. The Morgan fingerprint density at radius 1 is 1.24 bits per heavy atom. The third-order valence-corrected chi connectivity index (χ3v) is 1.58. The molecule has 0 fully saturated rings. The van der Waals surface area contributed by atoms with Gasteiger partial charge in [0.2, 0.25) is 0 Å². The number of nitrogens with two attached hydrogens (primary N) is 1. The Morgan fingerprint density at radius 2 is 1.94 bits per heavy atom. The van der Waals surface area contributed by atoms with Crippen LogP contribution in [0.25, 0.3) is 0 Å². The minimum absolute atomic E-state index is 0.259. The maximum absolute atomic E-state index is 10.5. The van der Waals surface area contributed by atoms with Gasteiger partial charge in [0.25, 0.3) is 5.56 Å². The van der Waals surface area contributed by atoms with Gasteiger partial charge in [-0.1, -0.05) is 0 Å². The molecule has 0 aromatic carbocycles. The van der Waals surface area contributed by atoms with Crippen LogP contribution < -0.4 is 22.7 Å². The zero-order chi connectivity index (χ0) is 12.8. The van der Waals surface area contributed by atoms with E-state index in [0.717, 1.165) is 0 Å². The molecular weight excluding hydrogens is 228 g/mol. The normalized spacial score (nSPS) is 9.24. The molecule has 0 aliphatic rings. The van der Waals surface area contributed by atoms with Crippen molar-refractivity contribution in [3.63, 3.8) is 0 Å². The van der Waals surface area contributed by atoms with Crippen molar-refractivity contribution in [2.75, 3.05) is 5.73 Å². The third kappa shape index (κ3) is 4.11. The zero-order valence-corrected chi connectivity index (χ0v) is 8.85. The van der Waals surface area contributed by atoms with Crippen LogP contribution in [0.15, 0.2) is 26.6 Å². The minimum atomic E-state index is -0.578. The van der Waals surface area contributed by atoms with Crippen molar-refractivity contribution in [3.05, 3.63) is 49.3 Å². The Hall–Kier alpha value is -2.71. The molecule has 5 N–H and O–H groups in total. The van der Waals surface area contributed by atoms with E-state index in [1.807, 2.05) is 4.98 Å². The molecule has 0 atom stereocenters. The summed E-state index contributed by atoms with van der Waals surface area (Å²) in [6.07, 6.45) is 1.36. The molecule has 90 valence electrons. The highest BCUT2D eigenvalue weighted by atomic mass is 16.2. The fraction of sp³-hybridized carbons (Fsp3) is 0.125. The molecular formula is C8H10N6O3. The maximum atomic E-state index is 10.5. The SMILES string of the molecule is Cc1n[nH]c(=O)[nH]c1=O.Nc1ccnc(=O)[nH]1. The Bertz CT molecular complexity index is 655. The molecule has 2 heterocycles. The Labute approximate surface area is 93.8 Å². The highest BCUT2D eigenvalue weighted by Gasteiger charge is 1.90. The van der Waals surface area contributed by atoms with E-state index in [1.54, 1.807) is 0 Å². The highest BCUT2D eigenvalue weighted by Crippen LogP contribution is 1.82. The number of nitrogens with zero attached hydrogens (tertiary/aromatic N) is 2. The van der Waals surface area contributed by atoms with Crippen LogP contribution in [0.3, 0.4) is 0 Å². The van der Waals surface area contributed by atoms with Gasteiger partial charge in [0, 0.05) is 6.20 Å². The van der Waals surface area contributed by atoms with Crippen molar-refractivity contribution in [2.45, 2.75) is 6.92 Å². The molecule has 17 heavy (non-hydrogen) atoms. The second-order valence-electron chi connectivity index (χ2n) is 2.92. The van der Waals surface area contributed by atoms with Crippen molar-refractivity contribution in [3.8, 4) is 0 Å². The summed E-state index contributed by atoms with van der Waals surface area (Å²) in [5.41, 5.74) is 3.99. The van der Waals surface area contributed by atoms with Gasteiger partial charge in [-0.3, -0.25) is 14.8 Å². The summed E-state index contributed by atoms with van der Waals surface area (Å²) < 4.78 is 0. The van der Waals surface area contributed by atoms with E-state index < -0.39 is 16.9 Å². The standard InChI is InChI=1S/C4H5N3O2.C4H5N3O/c1-2-3(8)5-4(9)7-6-2;5-3-1-2-6-4(8)7-3/h1H3,(H2,5,7,8,9);1-2H,(H3,5,6,7,8). The monoisotopic (exact) mass is 238 g/mol. The summed E-state index contributed by atoms with van der Waals surface area (Å²) in [5.74, 6) is 0.338. The number of hydrogen-bond acceptors (Lipinski definition) is 6. The number of aromatic amines is 3. The van der Waals surface area contributed by atoms with Gasteiger partial charge in [-0.25, -0.2) is 19.7 Å². The Kier molecular flexibility index (Phi) is 3.92. The van der Waals surface area contributed by atoms with Gasteiger partial charge < -0.3 is 5.73 Å². The largest absolute Gasteiger partial charge is 0.385 e. The number of H-pyrrole nitrogens is 3. The maximum Gasteiger partial charge on any atom is 0.346 e. The number of nitrogen functional groups attached to an aromatic ring is 1. The van der Waals surface area contributed by atoms with Gasteiger partial charge in [0.15, 0.2) is 0 Å². The summed E-state index contributed by atoms with van der Waals surface area (Å²) in [6.45, 7) is 1.51.